The fourth-order valence-electron chi connectivity index (χ4n) is 2.70. The van der Waals surface area contributed by atoms with E-state index in [1.807, 2.05) is 23.6 Å². The minimum atomic E-state index is -0.00380. The van der Waals surface area contributed by atoms with Crippen molar-refractivity contribution in [1.29, 1.82) is 0 Å². The summed E-state index contributed by atoms with van der Waals surface area (Å²) in [6.07, 6.45) is 1.78. The molecule has 1 aliphatic heterocycles. The van der Waals surface area contributed by atoms with Crippen molar-refractivity contribution in [1.82, 2.24) is 10.2 Å². The maximum atomic E-state index is 12.3. The summed E-state index contributed by atoms with van der Waals surface area (Å²) in [6, 6.07) is 8.39. The maximum absolute atomic E-state index is 12.3. The molecule has 0 aliphatic carbocycles. The predicted octanol–water partition coefficient (Wildman–Crippen LogP) is 3.27. The Labute approximate surface area is 137 Å². The van der Waals surface area contributed by atoms with E-state index in [0.717, 1.165) is 37.2 Å². The van der Waals surface area contributed by atoms with Gasteiger partial charge in [-0.2, -0.15) is 0 Å². The van der Waals surface area contributed by atoms with Gasteiger partial charge in [-0.1, -0.05) is 19.1 Å². The fourth-order valence-corrected chi connectivity index (χ4v) is 3.36. The van der Waals surface area contributed by atoms with E-state index in [9.17, 15) is 4.79 Å². The van der Waals surface area contributed by atoms with Gasteiger partial charge in [0.05, 0.1) is 6.04 Å². The smallest absolute Gasteiger partial charge is 0.317 e. The lowest BCUT2D eigenvalue weighted by molar-refractivity contribution is 0.136. The number of hydrogen-bond donors (Lipinski definition) is 2. The number of likely N-dealkylation sites (tertiary alicyclic amines) is 1. The minimum Gasteiger partial charge on any atom is -0.396 e. The normalized spacial score (nSPS) is 17.3. The maximum Gasteiger partial charge on any atom is 0.317 e. The highest BCUT2D eigenvalue weighted by molar-refractivity contribution is 7.99. The second-order valence-electron chi connectivity index (χ2n) is 5.79. The molecule has 1 aliphatic rings. The number of piperidine rings is 1. The number of carbonyl (C=O) groups excluding carboxylic acids is 1. The lowest BCUT2D eigenvalue weighted by Gasteiger charge is -2.32. The number of benzene rings is 1. The number of nitrogens with zero attached hydrogens (tertiary/aromatic N) is 1. The highest BCUT2D eigenvalue weighted by atomic mass is 32.2. The lowest BCUT2D eigenvalue weighted by Crippen LogP contribution is -2.45. The lowest BCUT2D eigenvalue weighted by atomic mass is 9.98. The van der Waals surface area contributed by atoms with Crippen molar-refractivity contribution in [3.63, 3.8) is 0 Å². The first-order chi connectivity index (χ1) is 10.6. The van der Waals surface area contributed by atoms with Gasteiger partial charge in [-0.05, 0) is 49.1 Å². The van der Waals surface area contributed by atoms with E-state index in [1.165, 1.54) is 4.90 Å². The van der Waals surface area contributed by atoms with Crippen molar-refractivity contribution in [2.45, 2.75) is 37.6 Å². The molecule has 0 radical (unpaired) electrons. The molecule has 1 saturated heterocycles. The molecule has 1 heterocycles. The SMILES string of the molecule is CCSc1ccc([C@@H](C)NC(=O)N2CCC(CO)CC2)cc1. The molecule has 0 bridgehead atoms. The van der Waals surface area contributed by atoms with Crippen molar-refractivity contribution >= 4 is 17.8 Å². The standard InChI is InChI=1S/C17H26N2O2S/c1-3-22-16-6-4-15(5-7-16)13(2)18-17(21)19-10-8-14(12-20)9-11-19/h4-7,13-14,20H,3,8-12H2,1-2H3,(H,18,21)/t13-/m1/s1. The van der Waals surface area contributed by atoms with Gasteiger partial charge < -0.3 is 15.3 Å². The van der Waals surface area contributed by atoms with Gasteiger partial charge in [0, 0.05) is 24.6 Å². The number of nitrogens with one attached hydrogen (secondary N) is 1. The van der Waals surface area contributed by atoms with E-state index >= 15 is 0 Å². The molecule has 2 rings (SSSR count). The van der Waals surface area contributed by atoms with Crippen LogP contribution in [0.15, 0.2) is 29.2 Å². The van der Waals surface area contributed by atoms with Crippen molar-refractivity contribution < 1.29 is 9.90 Å². The Kier molecular flexibility index (Phi) is 6.58. The van der Waals surface area contributed by atoms with Crippen LogP contribution in [0.25, 0.3) is 0 Å². The molecule has 122 valence electrons. The van der Waals surface area contributed by atoms with Crippen molar-refractivity contribution in [3.8, 4) is 0 Å². The Balaban J connectivity index is 1.85. The quantitative estimate of drug-likeness (QED) is 0.818. The molecule has 1 atom stereocenters. The summed E-state index contributed by atoms with van der Waals surface area (Å²) in [5.41, 5.74) is 1.12. The van der Waals surface area contributed by atoms with Gasteiger partial charge >= 0.3 is 6.03 Å². The Bertz CT molecular complexity index is 470. The second kappa shape index (κ2) is 8.44. The van der Waals surface area contributed by atoms with Crippen LogP contribution in [0.4, 0.5) is 4.79 Å². The number of aliphatic hydroxyl groups excluding tert-OH is 1. The fraction of sp³-hybridized carbons (Fsp3) is 0.588. The van der Waals surface area contributed by atoms with Gasteiger partial charge in [0.2, 0.25) is 0 Å². The number of amides is 2. The number of hydrogen-bond acceptors (Lipinski definition) is 3. The summed E-state index contributed by atoms with van der Waals surface area (Å²) in [7, 11) is 0. The van der Waals surface area contributed by atoms with Gasteiger partial charge in [0.1, 0.15) is 0 Å². The summed E-state index contributed by atoms with van der Waals surface area (Å²) in [4.78, 5) is 15.4. The van der Waals surface area contributed by atoms with Crippen LogP contribution < -0.4 is 5.32 Å². The van der Waals surface area contributed by atoms with E-state index in [2.05, 4.69) is 36.5 Å². The number of thioether (sulfide) groups is 1. The summed E-state index contributed by atoms with van der Waals surface area (Å²) >= 11 is 1.82. The molecular formula is C17H26N2O2S. The topological polar surface area (TPSA) is 52.6 Å². The summed E-state index contributed by atoms with van der Waals surface area (Å²) in [5.74, 6) is 1.42. The molecule has 1 aromatic rings. The third-order valence-corrected chi connectivity index (χ3v) is 5.09. The number of urea groups is 1. The van der Waals surface area contributed by atoms with Crippen LogP contribution in [0.1, 0.15) is 38.3 Å². The Morgan fingerprint density at radius 1 is 1.36 bits per heavy atom. The van der Waals surface area contributed by atoms with Crippen LogP contribution in [0.2, 0.25) is 0 Å². The number of rotatable bonds is 5. The average molecular weight is 322 g/mol. The third kappa shape index (κ3) is 4.65. The monoisotopic (exact) mass is 322 g/mol. The van der Waals surface area contributed by atoms with Crippen LogP contribution in [-0.4, -0.2) is 41.5 Å². The molecule has 1 fully saturated rings. The molecule has 5 heteroatoms. The van der Waals surface area contributed by atoms with E-state index in [-0.39, 0.29) is 18.7 Å². The molecule has 22 heavy (non-hydrogen) atoms. The zero-order valence-electron chi connectivity index (χ0n) is 13.4. The molecule has 0 unspecified atom stereocenters. The number of aliphatic hydroxyl groups is 1. The molecular weight excluding hydrogens is 296 g/mol. The van der Waals surface area contributed by atoms with Crippen LogP contribution >= 0.6 is 11.8 Å². The van der Waals surface area contributed by atoms with Crippen molar-refractivity contribution in [2.24, 2.45) is 5.92 Å². The molecule has 2 amide bonds. The van der Waals surface area contributed by atoms with Crippen LogP contribution in [0.5, 0.6) is 0 Å². The molecule has 4 nitrogen and oxygen atoms in total. The Morgan fingerprint density at radius 3 is 2.55 bits per heavy atom. The van der Waals surface area contributed by atoms with Crippen molar-refractivity contribution in [3.05, 3.63) is 29.8 Å². The average Bonchev–Trinajstić information content (AvgIpc) is 2.55. The molecule has 1 aromatic carbocycles. The van der Waals surface area contributed by atoms with E-state index < -0.39 is 0 Å². The van der Waals surface area contributed by atoms with Crippen molar-refractivity contribution in [2.75, 3.05) is 25.4 Å². The van der Waals surface area contributed by atoms with Gasteiger partial charge in [0.25, 0.3) is 0 Å². The van der Waals surface area contributed by atoms with Gasteiger partial charge in [-0.25, -0.2) is 4.79 Å². The first-order valence-electron chi connectivity index (χ1n) is 8.03. The van der Waals surface area contributed by atoms with Crippen LogP contribution in [-0.2, 0) is 0 Å². The van der Waals surface area contributed by atoms with Gasteiger partial charge in [-0.3, -0.25) is 0 Å². The molecule has 0 spiro atoms. The summed E-state index contributed by atoms with van der Waals surface area (Å²) in [6.45, 7) is 5.85. The third-order valence-electron chi connectivity index (χ3n) is 4.19. The predicted molar refractivity (Wildman–Crippen MR) is 91.2 cm³/mol. The minimum absolute atomic E-state index is 0.00346. The Morgan fingerprint density at radius 2 is 2.00 bits per heavy atom. The Hall–Kier alpha value is -1.20. The molecule has 0 saturated carbocycles. The number of carbonyl (C=O) groups is 1. The van der Waals surface area contributed by atoms with Crippen LogP contribution in [0.3, 0.4) is 0 Å². The zero-order valence-corrected chi connectivity index (χ0v) is 14.2. The van der Waals surface area contributed by atoms with E-state index in [4.69, 9.17) is 5.11 Å². The highest BCUT2D eigenvalue weighted by Crippen LogP contribution is 2.21. The van der Waals surface area contributed by atoms with Crippen LogP contribution in [0, 0.1) is 5.92 Å². The second-order valence-corrected chi connectivity index (χ2v) is 7.12. The van der Waals surface area contributed by atoms with Gasteiger partial charge in [-0.15, -0.1) is 11.8 Å². The highest BCUT2D eigenvalue weighted by Gasteiger charge is 2.23. The summed E-state index contributed by atoms with van der Waals surface area (Å²) in [5, 5.41) is 12.2. The largest absolute Gasteiger partial charge is 0.396 e. The first-order valence-corrected chi connectivity index (χ1v) is 9.01. The summed E-state index contributed by atoms with van der Waals surface area (Å²) < 4.78 is 0. The zero-order chi connectivity index (χ0) is 15.9. The van der Waals surface area contributed by atoms with Gasteiger partial charge in [0.15, 0.2) is 0 Å². The van der Waals surface area contributed by atoms with E-state index in [1.54, 1.807) is 0 Å². The van der Waals surface area contributed by atoms with E-state index in [0.29, 0.717) is 5.92 Å². The molecule has 2 N–H and O–H groups in total. The first kappa shape index (κ1) is 17.2. The molecule has 0 aromatic heterocycles.